The number of halogens is 1. The van der Waals surface area contributed by atoms with E-state index >= 15 is 0 Å². The van der Waals surface area contributed by atoms with Crippen molar-refractivity contribution in [2.75, 3.05) is 39.2 Å². The van der Waals surface area contributed by atoms with E-state index in [1.165, 1.54) is 19.2 Å². The Bertz CT molecular complexity index is 629. The van der Waals surface area contributed by atoms with Gasteiger partial charge in [0.25, 0.3) is 5.69 Å². The number of hydrogen-bond donors (Lipinski definition) is 0. The van der Waals surface area contributed by atoms with Crippen LogP contribution >= 0.6 is 0 Å². The number of nitrogens with zero attached hydrogens (tertiary/aromatic N) is 4. The summed E-state index contributed by atoms with van der Waals surface area (Å²) in [6.07, 6.45) is -1.11. The molecule has 1 aromatic carbocycles. The number of likely N-dealkylation sites (N-methyl/N-ethyl adjacent to an activating group) is 1. The van der Waals surface area contributed by atoms with E-state index in [4.69, 9.17) is 4.74 Å². The molecule has 0 aromatic heterocycles. The summed E-state index contributed by atoms with van der Waals surface area (Å²) in [5.74, 6) is 0.328. The van der Waals surface area contributed by atoms with Crippen LogP contribution in [-0.2, 0) is 0 Å². The molecule has 0 spiro atoms. The average molecular weight is 308 g/mol. The fourth-order valence-corrected chi connectivity index (χ4v) is 2.72. The third-order valence-corrected chi connectivity index (χ3v) is 3.85. The third kappa shape index (κ3) is 2.67. The molecular weight excluding hydrogens is 291 g/mol. The van der Waals surface area contributed by atoms with Crippen LogP contribution in [-0.4, -0.2) is 56.3 Å². The van der Waals surface area contributed by atoms with Gasteiger partial charge in [0.1, 0.15) is 23.7 Å². The fourth-order valence-electron chi connectivity index (χ4n) is 2.72. The third-order valence-electron chi connectivity index (χ3n) is 3.85. The number of alkyl halides is 1. The van der Waals surface area contributed by atoms with Crippen LogP contribution < -0.4 is 9.64 Å². The van der Waals surface area contributed by atoms with Gasteiger partial charge in [-0.1, -0.05) is 0 Å². The van der Waals surface area contributed by atoms with Crippen molar-refractivity contribution >= 4 is 11.4 Å². The van der Waals surface area contributed by atoms with Crippen molar-refractivity contribution in [1.82, 2.24) is 4.90 Å². The maximum absolute atomic E-state index is 14.2. The van der Waals surface area contributed by atoms with Gasteiger partial charge in [-0.3, -0.25) is 10.1 Å². The molecule has 22 heavy (non-hydrogen) atoms. The van der Waals surface area contributed by atoms with E-state index in [0.717, 1.165) is 0 Å². The highest BCUT2D eigenvalue weighted by Gasteiger charge is 2.37. The van der Waals surface area contributed by atoms with Crippen molar-refractivity contribution in [3.63, 3.8) is 0 Å². The van der Waals surface area contributed by atoms with Gasteiger partial charge in [0.15, 0.2) is 5.56 Å². The quantitative estimate of drug-likeness (QED) is 0.620. The molecule has 0 amide bonds. The molecule has 8 heteroatoms. The second kappa shape index (κ2) is 6.15. The second-order valence-electron chi connectivity index (χ2n) is 5.33. The van der Waals surface area contributed by atoms with Crippen LogP contribution in [0.2, 0.25) is 0 Å². The summed E-state index contributed by atoms with van der Waals surface area (Å²) in [5, 5.41) is 20.4. The lowest BCUT2D eigenvalue weighted by atomic mass is 10.1. The van der Waals surface area contributed by atoms with Crippen molar-refractivity contribution in [2.45, 2.75) is 12.2 Å². The van der Waals surface area contributed by atoms with E-state index in [2.05, 4.69) is 0 Å². The Kier molecular flexibility index (Phi) is 4.47. The monoisotopic (exact) mass is 308 g/mol. The van der Waals surface area contributed by atoms with E-state index in [-0.39, 0.29) is 29.5 Å². The largest absolute Gasteiger partial charge is 0.495 e. The van der Waals surface area contributed by atoms with Gasteiger partial charge in [0.2, 0.25) is 0 Å². The molecule has 0 saturated carbocycles. The van der Waals surface area contributed by atoms with E-state index in [0.29, 0.717) is 12.3 Å². The number of ether oxygens (including phenoxy) is 1. The van der Waals surface area contributed by atoms with Gasteiger partial charge in [0, 0.05) is 12.6 Å². The second-order valence-corrected chi connectivity index (χ2v) is 5.33. The molecule has 0 N–H and O–H groups in total. The summed E-state index contributed by atoms with van der Waals surface area (Å²) >= 11 is 0. The van der Waals surface area contributed by atoms with Crippen LogP contribution in [0.25, 0.3) is 0 Å². The highest BCUT2D eigenvalue weighted by Crippen LogP contribution is 2.39. The predicted octanol–water partition coefficient (Wildman–Crippen LogP) is 1.56. The zero-order valence-electron chi connectivity index (χ0n) is 12.6. The maximum atomic E-state index is 14.2. The molecule has 1 fully saturated rings. The van der Waals surface area contributed by atoms with E-state index in [9.17, 15) is 19.8 Å². The molecule has 1 aliphatic rings. The summed E-state index contributed by atoms with van der Waals surface area (Å²) in [7, 11) is 4.96. The summed E-state index contributed by atoms with van der Waals surface area (Å²) in [6.45, 7) is 0.398. The lowest BCUT2D eigenvalue weighted by molar-refractivity contribution is -0.385. The summed E-state index contributed by atoms with van der Waals surface area (Å²) in [4.78, 5) is 13.9. The predicted molar refractivity (Wildman–Crippen MR) is 78.9 cm³/mol. The average Bonchev–Trinajstić information content (AvgIpc) is 2.87. The minimum atomic E-state index is -1.11. The van der Waals surface area contributed by atoms with Gasteiger partial charge in [-0.2, -0.15) is 5.26 Å². The van der Waals surface area contributed by atoms with Gasteiger partial charge < -0.3 is 14.5 Å². The standard InChI is InChI=1S/C14H17FN4O3/c1-17(2)12-8-18(7-10(12)15)14-9(6-16)11(19(20)21)4-5-13(14)22-3/h4-5,10,12H,7-8H2,1-3H3/t10-,12+/m0/s1. The fraction of sp³-hybridized carbons (Fsp3) is 0.500. The van der Waals surface area contributed by atoms with Crippen molar-refractivity contribution in [3.05, 3.63) is 27.8 Å². The van der Waals surface area contributed by atoms with Gasteiger partial charge >= 0.3 is 0 Å². The summed E-state index contributed by atoms with van der Waals surface area (Å²) in [5.41, 5.74) is -0.121. The molecule has 1 aliphatic heterocycles. The maximum Gasteiger partial charge on any atom is 0.289 e. The number of nitro groups is 1. The number of anilines is 1. The number of nitriles is 1. The molecule has 2 atom stereocenters. The van der Waals surface area contributed by atoms with Gasteiger partial charge in [-0.25, -0.2) is 4.39 Å². The van der Waals surface area contributed by atoms with Gasteiger partial charge in [0.05, 0.1) is 24.6 Å². The Morgan fingerprint density at radius 1 is 1.50 bits per heavy atom. The molecule has 2 rings (SSSR count). The molecule has 0 aliphatic carbocycles. The number of nitro benzene ring substituents is 1. The van der Waals surface area contributed by atoms with Crippen molar-refractivity contribution in [3.8, 4) is 11.8 Å². The Hall–Kier alpha value is -2.40. The van der Waals surface area contributed by atoms with Crippen LogP contribution in [0.3, 0.4) is 0 Å². The Balaban J connectivity index is 2.52. The zero-order chi connectivity index (χ0) is 16.4. The van der Waals surface area contributed by atoms with Gasteiger partial charge in [-0.05, 0) is 20.2 Å². The first-order valence-electron chi connectivity index (χ1n) is 6.71. The molecule has 0 bridgehead atoms. The molecule has 1 aromatic rings. The van der Waals surface area contributed by atoms with E-state index in [1.54, 1.807) is 23.9 Å². The molecule has 7 nitrogen and oxygen atoms in total. The van der Waals surface area contributed by atoms with E-state index < -0.39 is 11.1 Å². The highest BCUT2D eigenvalue weighted by atomic mass is 19.1. The molecular formula is C14H17FN4O3. The molecule has 1 heterocycles. The first kappa shape index (κ1) is 16.0. The van der Waals surface area contributed by atoms with Crippen molar-refractivity contribution < 1.29 is 14.1 Å². The normalized spacial score (nSPS) is 21.0. The van der Waals surface area contributed by atoms with Crippen LogP contribution in [0.5, 0.6) is 5.75 Å². The Labute approximate surface area is 127 Å². The molecule has 0 unspecified atom stereocenters. The van der Waals surface area contributed by atoms with Gasteiger partial charge in [-0.15, -0.1) is 0 Å². The summed E-state index contributed by atoms with van der Waals surface area (Å²) < 4.78 is 19.4. The minimum absolute atomic E-state index is 0.0645. The lowest BCUT2D eigenvalue weighted by Crippen LogP contribution is -2.36. The molecule has 0 radical (unpaired) electrons. The van der Waals surface area contributed by atoms with Crippen molar-refractivity contribution in [2.24, 2.45) is 0 Å². The Morgan fingerprint density at radius 2 is 2.18 bits per heavy atom. The summed E-state index contributed by atoms with van der Waals surface area (Å²) in [6, 6.07) is 4.18. The lowest BCUT2D eigenvalue weighted by Gasteiger charge is -2.23. The smallest absolute Gasteiger partial charge is 0.289 e. The number of methoxy groups -OCH3 is 1. The highest BCUT2D eigenvalue weighted by molar-refractivity contribution is 5.75. The number of benzene rings is 1. The number of rotatable bonds is 4. The number of hydrogen-bond acceptors (Lipinski definition) is 6. The SMILES string of the molecule is COc1ccc([N+](=O)[O-])c(C#N)c1N1C[C@@H](N(C)C)[C@@H](F)C1. The molecule has 1 saturated heterocycles. The molecule has 118 valence electrons. The van der Waals surface area contributed by atoms with Crippen molar-refractivity contribution in [1.29, 1.82) is 5.26 Å². The van der Waals surface area contributed by atoms with Crippen LogP contribution in [0.4, 0.5) is 15.8 Å². The topological polar surface area (TPSA) is 82.6 Å². The van der Waals surface area contributed by atoms with Crippen LogP contribution in [0.1, 0.15) is 5.56 Å². The Morgan fingerprint density at radius 3 is 2.64 bits per heavy atom. The van der Waals surface area contributed by atoms with Crippen LogP contribution in [0.15, 0.2) is 12.1 Å². The minimum Gasteiger partial charge on any atom is -0.495 e. The first-order chi connectivity index (χ1) is 10.4. The zero-order valence-corrected chi connectivity index (χ0v) is 12.6. The van der Waals surface area contributed by atoms with Crippen LogP contribution in [0, 0.1) is 21.4 Å². The van der Waals surface area contributed by atoms with E-state index in [1.807, 2.05) is 6.07 Å². The first-order valence-corrected chi connectivity index (χ1v) is 6.71.